The van der Waals surface area contributed by atoms with Gasteiger partial charge >= 0.3 is 0 Å². The number of aliphatic hydroxyl groups is 1. The fourth-order valence-electron chi connectivity index (χ4n) is 1.51. The number of halogens is 1. The smallest absolute Gasteiger partial charge is 0.261 e. The Morgan fingerprint density at radius 2 is 2.00 bits per heavy atom. The fourth-order valence-corrected chi connectivity index (χ4v) is 3.06. The Labute approximate surface area is 98.5 Å². The van der Waals surface area contributed by atoms with Gasteiger partial charge in [0.15, 0.2) is 0 Å². The number of hydrogen-bond donors (Lipinski definition) is 1. The van der Waals surface area contributed by atoms with Crippen LogP contribution in [0.15, 0.2) is 17.0 Å². The number of rotatable bonds is 3. The second-order valence-corrected chi connectivity index (χ2v) is 5.69. The van der Waals surface area contributed by atoms with Gasteiger partial charge in [-0.2, -0.15) is 5.26 Å². The van der Waals surface area contributed by atoms with Gasteiger partial charge in [0, 0.05) is 10.7 Å². The zero-order valence-corrected chi connectivity index (χ0v) is 10.1. The first-order valence-corrected chi connectivity index (χ1v) is 6.86. The summed E-state index contributed by atoms with van der Waals surface area (Å²) in [5.41, 5.74) is 0.911. The molecule has 1 rings (SSSR count). The fraction of sp³-hybridized carbons (Fsp3) is 0.300. The van der Waals surface area contributed by atoms with Crippen LogP contribution in [0.5, 0.6) is 0 Å². The summed E-state index contributed by atoms with van der Waals surface area (Å²) in [6.07, 6.45) is 0.420. The zero-order valence-electron chi connectivity index (χ0n) is 8.57. The van der Waals surface area contributed by atoms with Crippen molar-refractivity contribution in [1.29, 1.82) is 5.26 Å². The standard InChI is InChI=1S/C10H10ClNO3S/c1-2-8-3-7(5-12)4-9(6-13)10(8)16(11,14)15/h3-4,13H,2,6H2,1H3. The summed E-state index contributed by atoms with van der Waals surface area (Å²) in [7, 11) is 1.39. The summed E-state index contributed by atoms with van der Waals surface area (Å²) in [6.45, 7) is 1.28. The molecule has 0 saturated carbocycles. The van der Waals surface area contributed by atoms with Crippen molar-refractivity contribution < 1.29 is 13.5 Å². The maximum absolute atomic E-state index is 11.4. The summed E-state index contributed by atoms with van der Waals surface area (Å²) < 4.78 is 22.7. The van der Waals surface area contributed by atoms with Gasteiger partial charge in [-0.25, -0.2) is 8.42 Å². The Morgan fingerprint density at radius 1 is 1.44 bits per heavy atom. The minimum atomic E-state index is -3.91. The largest absolute Gasteiger partial charge is 0.392 e. The molecule has 0 saturated heterocycles. The van der Waals surface area contributed by atoms with E-state index in [0.29, 0.717) is 17.5 Å². The predicted octanol–water partition coefficient (Wildman–Crippen LogP) is 1.54. The first-order valence-electron chi connectivity index (χ1n) is 4.55. The molecular formula is C10H10ClNO3S. The molecule has 0 fully saturated rings. The lowest BCUT2D eigenvalue weighted by molar-refractivity contribution is 0.278. The van der Waals surface area contributed by atoms with E-state index in [1.165, 1.54) is 12.1 Å². The second kappa shape index (κ2) is 4.83. The molecule has 0 unspecified atom stereocenters. The Balaban J connectivity index is 3.65. The van der Waals surface area contributed by atoms with Crippen LogP contribution in [0.3, 0.4) is 0 Å². The molecule has 0 radical (unpaired) electrons. The number of benzene rings is 1. The number of hydrogen-bond acceptors (Lipinski definition) is 4. The van der Waals surface area contributed by atoms with Crippen molar-refractivity contribution in [2.24, 2.45) is 0 Å². The summed E-state index contributed by atoms with van der Waals surface area (Å²) in [6, 6.07) is 4.70. The highest BCUT2D eigenvalue weighted by molar-refractivity contribution is 8.13. The molecule has 0 aliphatic heterocycles. The third-order valence-electron chi connectivity index (χ3n) is 2.17. The summed E-state index contributed by atoms with van der Waals surface area (Å²) in [5, 5.41) is 17.8. The summed E-state index contributed by atoms with van der Waals surface area (Å²) >= 11 is 0. The van der Waals surface area contributed by atoms with Crippen LogP contribution in [0.2, 0.25) is 0 Å². The quantitative estimate of drug-likeness (QED) is 0.835. The van der Waals surface area contributed by atoms with Gasteiger partial charge in [0.05, 0.1) is 23.1 Å². The van der Waals surface area contributed by atoms with Gasteiger partial charge in [0.25, 0.3) is 9.05 Å². The van der Waals surface area contributed by atoms with Crippen molar-refractivity contribution in [1.82, 2.24) is 0 Å². The van der Waals surface area contributed by atoms with Crippen molar-refractivity contribution in [2.75, 3.05) is 0 Å². The molecule has 0 amide bonds. The zero-order chi connectivity index (χ0) is 12.3. The molecule has 0 aliphatic rings. The number of aliphatic hydroxyl groups excluding tert-OH is 1. The molecule has 0 heterocycles. The van der Waals surface area contributed by atoms with E-state index in [1.807, 2.05) is 6.07 Å². The van der Waals surface area contributed by atoms with Crippen LogP contribution in [0.1, 0.15) is 23.6 Å². The van der Waals surface area contributed by atoms with E-state index in [4.69, 9.17) is 21.1 Å². The van der Waals surface area contributed by atoms with Crippen LogP contribution < -0.4 is 0 Å². The maximum atomic E-state index is 11.4. The van der Waals surface area contributed by atoms with Crippen LogP contribution >= 0.6 is 10.7 Å². The minimum Gasteiger partial charge on any atom is -0.392 e. The topological polar surface area (TPSA) is 78.2 Å². The normalized spacial score (nSPS) is 11.1. The lowest BCUT2D eigenvalue weighted by Gasteiger charge is -2.10. The molecule has 0 aliphatic carbocycles. The van der Waals surface area contributed by atoms with E-state index in [-0.39, 0.29) is 10.5 Å². The van der Waals surface area contributed by atoms with E-state index in [0.717, 1.165) is 0 Å². The molecular weight excluding hydrogens is 250 g/mol. The lowest BCUT2D eigenvalue weighted by Crippen LogP contribution is -2.04. The molecule has 6 heteroatoms. The van der Waals surface area contributed by atoms with E-state index in [2.05, 4.69) is 0 Å². The van der Waals surface area contributed by atoms with Gasteiger partial charge in [0.1, 0.15) is 0 Å². The predicted molar refractivity (Wildman–Crippen MR) is 59.5 cm³/mol. The van der Waals surface area contributed by atoms with Crippen LogP contribution in [0, 0.1) is 11.3 Å². The monoisotopic (exact) mass is 259 g/mol. The highest BCUT2D eigenvalue weighted by atomic mass is 35.7. The van der Waals surface area contributed by atoms with Gasteiger partial charge in [-0.15, -0.1) is 0 Å². The molecule has 1 aromatic carbocycles. The third-order valence-corrected chi connectivity index (χ3v) is 3.64. The first kappa shape index (κ1) is 13.0. The summed E-state index contributed by atoms with van der Waals surface area (Å²) in [5.74, 6) is 0. The van der Waals surface area contributed by atoms with Gasteiger partial charge < -0.3 is 5.11 Å². The van der Waals surface area contributed by atoms with Crippen LogP contribution in [-0.2, 0) is 22.1 Å². The average Bonchev–Trinajstić information content (AvgIpc) is 2.25. The molecule has 0 bridgehead atoms. The Bertz CT molecular complexity index is 521. The molecule has 86 valence electrons. The van der Waals surface area contributed by atoms with Crippen molar-refractivity contribution >= 4 is 19.7 Å². The van der Waals surface area contributed by atoms with Crippen LogP contribution in [-0.4, -0.2) is 13.5 Å². The van der Waals surface area contributed by atoms with E-state index in [9.17, 15) is 8.42 Å². The van der Waals surface area contributed by atoms with Gasteiger partial charge in [-0.05, 0) is 29.7 Å². The highest BCUT2D eigenvalue weighted by Gasteiger charge is 2.20. The molecule has 0 spiro atoms. The van der Waals surface area contributed by atoms with Gasteiger partial charge in [-0.3, -0.25) is 0 Å². The van der Waals surface area contributed by atoms with E-state index >= 15 is 0 Å². The molecule has 1 N–H and O–H groups in total. The molecule has 1 aromatic rings. The van der Waals surface area contributed by atoms with Crippen molar-refractivity contribution in [2.45, 2.75) is 24.8 Å². The molecule has 16 heavy (non-hydrogen) atoms. The average molecular weight is 260 g/mol. The van der Waals surface area contributed by atoms with E-state index in [1.54, 1.807) is 6.92 Å². The summed E-state index contributed by atoms with van der Waals surface area (Å²) in [4.78, 5) is -0.0850. The SMILES string of the molecule is CCc1cc(C#N)cc(CO)c1S(=O)(=O)Cl. The number of nitrogens with zero attached hydrogens (tertiary/aromatic N) is 1. The van der Waals surface area contributed by atoms with Gasteiger partial charge in [0.2, 0.25) is 0 Å². The molecule has 4 nitrogen and oxygen atoms in total. The van der Waals surface area contributed by atoms with Crippen LogP contribution in [0.25, 0.3) is 0 Å². The minimum absolute atomic E-state index is 0.0850. The second-order valence-electron chi connectivity index (χ2n) is 3.18. The maximum Gasteiger partial charge on any atom is 0.261 e. The van der Waals surface area contributed by atoms with Crippen LogP contribution in [0.4, 0.5) is 0 Å². The number of aryl methyl sites for hydroxylation is 1. The Kier molecular flexibility index (Phi) is 3.92. The number of nitriles is 1. The highest BCUT2D eigenvalue weighted by Crippen LogP contribution is 2.26. The molecule has 0 atom stereocenters. The molecule has 0 aromatic heterocycles. The van der Waals surface area contributed by atoms with Gasteiger partial charge in [-0.1, -0.05) is 6.92 Å². The first-order chi connectivity index (χ1) is 7.43. The lowest BCUT2D eigenvalue weighted by atomic mass is 10.0. The third kappa shape index (κ3) is 2.53. The van der Waals surface area contributed by atoms with E-state index < -0.39 is 15.7 Å². The Morgan fingerprint density at radius 3 is 2.38 bits per heavy atom. The Hall–Kier alpha value is -1.09. The van der Waals surface area contributed by atoms with Crippen molar-refractivity contribution in [3.05, 3.63) is 28.8 Å². The van der Waals surface area contributed by atoms with Crippen molar-refractivity contribution in [3.63, 3.8) is 0 Å². The van der Waals surface area contributed by atoms with Crippen molar-refractivity contribution in [3.8, 4) is 6.07 Å².